The predicted molar refractivity (Wildman–Crippen MR) is 99.8 cm³/mol. The minimum Gasteiger partial charge on any atom is -0.493 e. The number of esters is 1. The van der Waals surface area contributed by atoms with Crippen molar-refractivity contribution < 1.29 is 23.8 Å². The zero-order valence-corrected chi connectivity index (χ0v) is 15.8. The topological polar surface area (TPSA) is 73.9 Å². The summed E-state index contributed by atoms with van der Waals surface area (Å²) in [5, 5.41) is 2.80. The second kappa shape index (κ2) is 10.8. The van der Waals surface area contributed by atoms with Crippen molar-refractivity contribution in [3.8, 4) is 11.5 Å². The average molecular weight is 359 g/mol. The smallest absolute Gasteiger partial charge is 0.337 e. The first-order valence-electron chi connectivity index (χ1n) is 8.26. The molecule has 2 aromatic rings. The molecule has 0 fully saturated rings. The fraction of sp³-hybridized carbons (Fsp3) is 0.300. The first-order chi connectivity index (χ1) is 12.6. The van der Waals surface area contributed by atoms with Crippen LogP contribution in [0, 0.1) is 0 Å². The molecule has 2 rings (SSSR count). The van der Waals surface area contributed by atoms with E-state index in [2.05, 4.69) is 10.1 Å². The molecule has 0 atom stereocenters. The highest BCUT2D eigenvalue weighted by Gasteiger charge is 2.11. The molecule has 0 bridgehead atoms. The number of ether oxygens (including phenoxy) is 3. The van der Waals surface area contributed by atoms with Crippen molar-refractivity contribution >= 4 is 11.9 Å². The van der Waals surface area contributed by atoms with Crippen LogP contribution in [0.3, 0.4) is 0 Å². The van der Waals surface area contributed by atoms with Gasteiger partial charge in [-0.3, -0.25) is 4.79 Å². The summed E-state index contributed by atoms with van der Waals surface area (Å²) in [5.74, 6) is 0.375. The Morgan fingerprint density at radius 3 is 2.19 bits per heavy atom. The van der Waals surface area contributed by atoms with E-state index in [0.717, 1.165) is 5.56 Å². The zero-order valence-electron chi connectivity index (χ0n) is 15.8. The SMILES string of the molecule is CC.COC(=O)c1cccc(CNC(=O)c2ccc(OC)c(OC)c2)c1. The Bertz CT molecular complexity index is 743. The molecule has 0 aliphatic rings. The molecule has 0 aliphatic heterocycles. The van der Waals surface area contributed by atoms with Gasteiger partial charge in [0.2, 0.25) is 0 Å². The lowest BCUT2D eigenvalue weighted by Crippen LogP contribution is -2.23. The van der Waals surface area contributed by atoms with Crippen molar-refractivity contribution in [1.29, 1.82) is 0 Å². The molecule has 0 unspecified atom stereocenters. The van der Waals surface area contributed by atoms with Crippen LogP contribution in [-0.4, -0.2) is 33.2 Å². The molecule has 2 aromatic carbocycles. The van der Waals surface area contributed by atoms with E-state index in [1.807, 2.05) is 19.9 Å². The number of carbonyl (C=O) groups is 2. The zero-order chi connectivity index (χ0) is 19.5. The van der Waals surface area contributed by atoms with Crippen LogP contribution in [0.25, 0.3) is 0 Å². The Morgan fingerprint density at radius 1 is 0.885 bits per heavy atom. The van der Waals surface area contributed by atoms with Crippen molar-refractivity contribution in [3.05, 3.63) is 59.2 Å². The van der Waals surface area contributed by atoms with Gasteiger partial charge in [-0.25, -0.2) is 4.79 Å². The molecule has 6 nitrogen and oxygen atoms in total. The van der Waals surface area contributed by atoms with E-state index >= 15 is 0 Å². The lowest BCUT2D eigenvalue weighted by atomic mass is 10.1. The van der Waals surface area contributed by atoms with Crippen molar-refractivity contribution in [2.45, 2.75) is 20.4 Å². The molecule has 26 heavy (non-hydrogen) atoms. The van der Waals surface area contributed by atoms with E-state index < -0.39 is 5.97 Å². The van der Waals surface area contributed by atoms with E-state index in [4.69, 9.17) is 9.47 Å². The standard InChI is InChI=1S/C18H19NO5.C2H6/c1-22-15-8-7-13(10-16(15)23-2)17(20)19-11-12-5-4-6-14(9-12)18(21)24-3;1-2/h4-10H,11H2,1-3H3,(H,19,20);1-2H3. The average Bonchev–Trinajstić information content (AvgIpc) is 2.72. The molecule has 0 aliphatic carbocycles. The van der Waals surface area contributed by atoms with Gasteiger partial charge in [-0.05, 0) is 35.9 Å². The molecule has 6 heteroatoms. The number of nitrogens with one attached hydrogen (secondary N) is 1. The molecule has 1 N–H and O–H groups in total. The van der Waals surface area contributed by atoms with E-state index in [1.165, 1.54) is 21.3 Å². The molecule has 0 saturated heterocycles. The summed E-state index contributed by atoms with van der Waals surface area (Å²) >= 11 is 0. The number of benzene rings is 2. The van der Waals surface area contributed by atoms with E-state index in [9.17, 15) is 9.59 Å². The van der Waals surface area contributed by atoms with Crippen LogP contribution in [0.15, 0.2) is 42.5 Å². The van der Waals surface area contributed by atoms with Gasteiger partial charge >= 0.3 is 5.97 Å². The number of hydrogen-bond donors (Lipinski definition) is 1. The second-order valence-electron chi connectivity index (χ2n) is 4.94. The Labute approximate surface area is 154 Å². The molecule has 0 saturated carbocycles. The maximum absolute atomic E-state index is 12.3. The van der Waals surface area contributed by atoms with Gasteiger partial charge in [-0.1, -0.05) is 26.0 Å². The lowest BCUT2D eigenvalue weighted by Gasteiger charge is -2.10. The van der Waals surface area contributed by atoms with E-state index in [0.29, 0.717) is 22.6 Å². The highest BCUT2D eigenvalue weighted by Crippen LogP contribution is 2.27. The third kappa shape index (κ3) is 5.51. The lowest BCUT2D eigenvalue weighted by molar-refractivity contribution is 0.0600. The summed E-state index contributed by atoms with van der Waals surface area (Å²) in [6, 6.07) is 11.8. The van der Waals surface area contributed by atoms with Crippen LogP contribution >= 0.6 is 0 Å². The number of hydrogen-bond acceptors (Lipinski definition) is 5. The van der Waals surface area contributed by atoms with Gasteiger partial charge in [0.05, 0.1) is 26.9 Å². The first-order valence-corrected chi connectivity index (χ1v) is 8.26. The third-order valence-corrected chi connectivity index (χ3v) is 3.45. The van der Waals surface area contributed by atoms with Crippen LogP contribution in [0.5, 0.6) is 11.5 Å². The highest BCUT2D eigenvalue weighted by molar-refractivity contribution is 5.95. The number of carbonyl (C=O) groups excluding carboxylic acids is 2. The van der Waals surface area contributed by atoms with Gasteiger partial charge < -0.3 is 19.5 Å². The van der Waals surface area contributed by atoms with Gasteiger partial charge in [-0.15, -0.1) is 0 Å². The summed E-state index contributed by atoms with van der Waals surface area (Å²) in [5.41, 5.74) is 1.69. The summed E-state index contributed by atoms with van der Waals surface area (Å²) in [4.78, 5) is 23.8. The van der Waals surface area contributed by atoms with Gasteiger partial charge in [0.25, 0.3) is 5.91 Å². The van der Waals surface area contributed by atoms with Gasteiger partial charge in [-0.2, -0.15) is 0 Å². The predicted octanol–water partition coefficient (Wildman–Crippen LogP) is 3.45. The van der Waals surface area contributed by atoms with Crippen molar-refractivity contribution in [3.63, 3.8) is 0 Å². The van der Waals surface area contributed by atoms with Crippen molar-refractivity contribution in [2.75, 3.05) is 21.3 Å². The molecule has 0 aromatic heterocycles. The molecule has 0 radical (unpaired) electrons. The molecular weight excluding hydrogens is 334 g/mol. The summed E-state index contributed by atoms with van der Waals surface area (Å²) in [6.45, 7) is 4.29. The Balaban J connectivity index is 0.00000163. The molecule has 140 valence electrons. The monoisotopic (exact) mass is 359 g/mol. The number of rotatable bonds is 6. The second-order valence-corrected chi connectivity index (χ2v) is 4.94. The Kier molecular flexibility index (Phi) is 8.70. The van der Waals surface area contributed by atoms with Gasteiger partial charge in [0.1, 0.15) is 0 Å². The van der Waals surface area contributed by atoms with E-state index in [-0.39, 0.29) is 12.5 Å². The summed E-state index contributed by atoms with van der Waals surface area (Å²) in [6.07, 6.45) is 0. The molecular formula is C20H25NO5. The molecule has 0 spiro atoms. The van der Waals surface area contributed by atoms with Gasteiger partial charge in [0.15, 0.2) is 11.5 Å². The highest BCUT2D eigenvalue weighted by atomic mass is 16.5. The van der Waals surface area contributed by atoms with Crippen LogP contribution < -0.4 is 14.8 Å². The fourth-order valence-electron chi connectivity index (χ4n) is 2.19. The van der Waals surface area contributed by atoms with Gasteiger partial charge in [0, 0.05) is 12.1 Å². The number of amides is 1. The van der Waals surface area contributed by atoms with Crippen molar-refractivity contribution in [1.82, 2.24) is 5.32 Å². The van der Waals surface area contributed by atoms with E-state index in [1.54, 1.807) is 36.4 Å². The quantitative estimate of drug-likeness (QED) is 0.800. The van der Waals surface area contributed by atoms with Crippen molar-refractivity contribution in [2.24, 2.45) is 0 Å². The van der Waals surface area contributed by atoms with Crippen LogP contribution in [0.2, 0.25) is 0 Å². The normalized spacial score (nSPS) is 9.42. The Hall–Kier alpha value is -3.02. The minimum absolute atomic E-state index is 0.251. The van der Waals surface area contributed by atoms with Crippen LogP contribution in [0.4, 0.5) is 0 Å². The molecule has 1 amide bonds. The Morgan fingerprint density at radius 2 is 1.58 bits per heavy atom. The largest absolute Gasteiger partial charge is 0.493 e. The third-order valence-electron chi connectivity index (χ3n) is 3.45. The van der Waals surface area contributed by atoms with Crippen LogP contribution in [-0.2, 0) is 11.3 Å². The number of methoxy groups -OCH3 is 3. The maximum Gasteiger partial charge on any atom is 0.337 e. The maximum atomic E-state index is 12.3. The fourth-order valence-corrected chi connectivity index (χ4v) is 2.19. The summed E-state index contributed by atoms with van der Waals surface area (Å²) in [7, 11) is 4.37. The minimum atomic E-state index is -0.414. The van der Waals surface area contributed by atoms with Crippen LogP contribution in [0.1, 0.15) is 40.1 Å². The first kappa shape index (κ1) is 21.0. The summed E-state index contributed by atoms with van der Waals surface area (Å²) < 4.78 is 15.0. The molecule has 0 heterocycles.